The largest absolute Gasteiger partial charge is 0.496 e. The Morgan fingerprint density at radius 1 is 1.13 bits per heavy atom. The highest BCUT2D eigenvalue weighted by molar-refractivity contribution is 7.84. The molecule has 118 valence electrons. The molecule has 2 heterocycles. The topological polar surface area (TPSA) is 52.1 Å². The van der Waals surface area contributed by atoms with E-state index in [-0.39, 0.29) is 0 Å². The summed E-state index contributed by atoms with van der Waals surface area (Å²) < 4.78 is 18.3. The summed E-state index contributed by atoms with van der Waals surface area (Å²) in [5.74, 6) is 1.15. The van der Waals surface area contributed by atoms with Gasteiger partial charge >= 0.3 is 0 Å². The van der Waals surface area contributed by atoms with Gasteiger partial charge in [0.15, 0.2) is 0 Å². The molecule has 0 N–H and O–H groups in total. The Bertz CT molecular complexity index is 888. The van der Waals surface area contributed by atoms with Crippen LogP contribution in [0.5, 0.6) is 5.75 Å². The smallest absolute Gasteiger partial charge is 0.128 e. The van der Waals surface area contributed by atoms with Crippen LogP contribution in [0.4, 0.5) is 0 Å². The summed E-state index contributed by atoms with van der Waals surface area (Å²) in [7, 11) is 0.427. The van der Waals surface area contributed by atoms with Crippen LogP contribution in [0.3, 0.4) is 0 Å². The predicted molar refractivity (Wildman–Crippen MR) is 92.1 cm³/mol. The summed E-state index contributed by atoms with van der Waals surface area (Å²) in [6, 6.07) is 9.61. The lowest BCUT2D eigenvalue weighted by atomic mass is 10.1. The van der Waals surface area contributed by atoms with Crippen molar-refractivity contribution in [2.75, 3.05) is 7.11 Å². The maximum atomic E-state index is 12.9. The number of hydrogen-bond acceptors (Lipinski definition) is 4. The molecule has 3 aromatic rings. The molecule has 0 amide bonds. The zero-order chi connectivity index (χ0) is 16.4. The third-order valence-corrected chi connectivity index (χ3v) is 5.21. The minimum atomic E-state index is -1.22. The molecule has 1 atom stereocenters. The van der Waals surface area contributed by atoms with Crippen molar-refractivity contribution in [3.05, 3.63) is 59.5 Å². The van der Waals surface area contributed by atoms with E-state index in [4.69, 9.17) is 4.74 Å². The highest BCUT2D eigenvalue weighted by Crippen LogP contribution is 2.27. The molecular weight excluding hydrogens is 308 g/mol. The summed E-state index contributed by atoms with van der Waals surface area (Å²) in [5, 5.41) is 0.990. The van der Waals surface area contributed by atoms with Gasteiger partial charge in [-0.15, -0.1) is 0 Å². The number of hydrogen-bond donors (Lipinski definition) is 0. The number of ether oxygens (including phenoxy) is 1. The average molecular weight is 326 g/mol. The van der Waals surface area contributed by atoms with Gasteiger partial charge in [0.1, 0.15) is 5.75 Å². The summed E-state index contributed by atoms with van der Waals surface area (Å²) in [4.78, 5) is 9.55. The van der Waals surface area contributed by atoms with Crippen LogP contribution in [-0.4, -0.2) is 21.3 Å². The number of aryl methyl sites for hydroxylation is 1. The van der Waals surface area contributed by atoms with Crippen LogP contribution < -0.4 is 4.74 Å². The van der Waals surface area contributed by atoms with E-state index in [9.17, 15) is 4.21 Å². The van der Waals surface area contributed by atoms with Crippen LogP contribution in [-0.2, 0) is 16.6 Å². The van der Waals surface area contributed by atoms with Gasteiger partial charge in [-0.05, 0) is 26.0 Å². The van der Waals surface area contributed by atoms with E-state index >= 15 is 0 Å². The number of pyridine rings is 2. The van der Waals surface area contributed by atoms with E-state index in [1.54, 1.807) is 19.5 Å². The minimum absolute atomic E-state index is 0.345. The Hall–Kier alpha value is -2.27. The number of benzene rings is 1. The van der Waals surface area contributed by atoms with Crippen LogP contribution in [0.15, 0.2) is 47.6 Å². The van der Waals surface area contributed by atoms with Crippen molar-refractivity contribution in [2.24, 2.45) is 0 Å². The molecule has 0 saturated heterocycles. The van der Waals surface area contributed by atoms with Crippen molar-refractivity contribution in [3.8, 4) is 5.75 Å². The molecular formula is C18H18N2O2S. The zero-order valence-electron chi connectivity index (χ0n) is 13.4. The van der Waals surface area contributed by atoms with Gasteiger partial charge in [0.2, 0.25) is 0 Å². The normalized spacial score (nSPS) is 12.3. The second-order valence-corrected chi connectivity index (χ2v) is 6.79. The molecule has 1 aromatic carbocycles. The lowest BCUT2D eigenvalue weighted by molar-refractivity contribution is 0.407. The van der Waals surface area contributed by atoms with Gasteiger partial charge in [0.05, 0.1) is 39.8 Å². The summed E-state index contributed by atoms with van der Waals surface area (Å²) in [5.41, 5.74) is 3.49. The monoisotopic (exact) mass is 326 g/mol. The summed E-state index contributed by atoms with van der Waals surface area (Å²) >= 11 is 0. The quantitative estimate of drug-likeness (QED) is 0.735. The van der Waals surface area contributed by atoms with Crippen LogP contribution in [0.1, 0.15) is 16.8 Å². The Kier molecular flexibility index (Phi) is 4.39. The van der Waals surface area contributed by atoms with Crippen molar-refractivity contribution in [2.45, 2.75) is 24.5 Å². The second-order valence-electron chi connectivity index (χ2n) is 5.37. The van der Waals surface area contributed by atoms with E-state index in [0.29, 0.717) is 5.75 Å². The van der Waals surface area contributed by atoms with E-state index in [1.807, 2.05) is 44.2 Å². The number of para-hydroxylation sites is 1. The number of aromatic nitrogens is 2. The lowest BCUT2D eigenvalue weighted by Gasteiger charge is -2.12. The molecule has 5 heteroatoms. The lowest BCUT2D eigenvalue weighted by Crippen LogP contribution is -2.04. The fourth-order valence-electron chi connectivity index (χ4n) is 2.68. The number of fused-ring (bicyclic) bond motifs is 1. The molecule has 0 aliphatic carbocycles. The van der Waals surface area contributed by atoms with Gasteiger partial charge in [-0.25, -0.2) is 0 Å². The van der Waals surface area contributed by atoms with Crippen LogP contribution in [0, 0.1) is 13.8 Å². The highest BCUT2D eigenvalue weighted by Gasteiger charge is 2.15. The molecule has 0 spiro atoms. The molecule has 0 aliphatic heterocycles. The number of rotatable bonds is 4. The maximum absolute atomic E-state index is 12.9. The molecule has 0 radical (unpaired) electrons. The SMILES string of the molecule is COc1c(C)cnc(CS(=O)c2cccc3cccnc23)c1C. The third-order valence-electron chi connectivity index (χ3n) is 3.86. The molecule has 1 unspecified atom stereocenters. The first-order chi connectivity index (χ1) is 11.1. The highest BCUT2D eigenvalue weighted by atomic mass is 32.2. The molecule has 4 nitrogen and oxygen atoms in total. The fraction of sp³-hybridized carbons (Fsp3) is 0.222. The second kappa shape index (κ2) is 6.46. The Morgan fingerprint density at radius 3 is 2.70 bits per heavy atom. The standard InChI is InChI=1S/C18H18N2O2S/c1-12-10-20-15(13(2)18(12)22-3)11-23(21)16-8-4-6-14-7-5-9-19-17(14)16/h4-10H,11H2,1-3H3. The van der Waals surface area contributed by atoms with Gasteiger partial charge in [-0.1, -0.05) is 18.2 Å². The molecule has 3 rings (SSSR count). The van der Waals surface area contributed by atoms with E-state index in [2.05, 4.69) is 9.97 Å². The Balaban J connectivity index is 1.99. The molecule has 23 heavy (non-hydrogen) atoms. The molecule has 0 bridgehead atoms. The first-order valence-electron chi connectivity index (χ1n) is 7.33. The van der Waals surface area contributed by atoms with Crippen molar-refractivity contribution >= 4 is 21.7 Å². The molecule has 0 saturated carbocycles. The number of methoxy groups -OCH3 is 1. The van der Waals surface area contributed by atoms with E-state index < -0.39 is 10.8 Å². The summed E-state index contributed by atoms with van der Waals surface area (Å²) in [6.45, 7) is 3.90. The third kappa shape index (κ3) is 2.97. The molecule has 0 aliphatic rings. The van der Waals surface area contributed by atoms with Gasteiger partial charge in [-0.2, -0.15) is 0 Å². The first kappa shape index (κ1) is 15.6. The van der Waals surface area contributed by atoms with E-state index in [0.717, 1.165) is 38.4 Å². The first-order valence-corrected chi connectivity index (χ1v) is 8.65. The van der Waals surface area contributed by atoms with E-state index in [1.165, 1.54) is 0 Å². The van der Waals surface area contributed by atoms with Gasteiger partial charge in [0.25, 0.3) is 0 Å². The van der Waals surface area contributed by atoms with Gasteiger partial charge in [0, 0.05) is 28.9 Å². The Morgan fingerprint density at radius 2 is 1.91 bits per heavy atom. The van der Waals surface area contributed by atoms with Crippen LogP contribution in [0.25, 0.3) is 10.9 Å². The van der Waals surface area contributed by atoms with Crippen LogP contribution in [0.2, 0.25) is 0 Å². The average Bonchev–Trinajstić information content (AvgIpc) is 2.57. The molecule has 0 fully saturated rings. The van der Waals surface area contributed by atoms with Crippen molar-refractivity contribution in [3.63, 3.8) is 0 Å². The van der Waals surface area contributed by atoms with Crippen molar-refractivity contribution < 1.29 is 8.95 Å². The Labute approximate surface area is 138 Å². The zero-order valence-corrected chi connectivity index (χ0v) is 14.2. The maximum Gasteiger partial charge on any atom is 0.128 e. The minimum Gasteiger partial charge on any atom is -0.496 e. The van der Waals surface area contributed by atoms with Gasteiger partial charge in [-0.3, -0.25) is 14.2 Å². The predicted octanol–water partition coefficient (Wildman–Crippen LogP) is 3.56. The van der Waals surface area contributed by atoms with Gasteiger partial charge < -0.3 is 4.74 Å². The fourth-order valence-corrected chi connectivity index (χ4v) is 3.99. The van der Waals surface area contributed by atoms with Crippen molar-refractivity contribution in [1.82, 2.24) is 9.97 Å². The van der Waals surface area contributed by atoms with Crippen molar-refractivity contribution in [1.29, 1.82) is 0 Å². The van der Waals surface area contributed by atoms with Crippen LogP contribution >= 0.6 is 0 Å². The molecule has 2 aromatic heterocycles. The number of nitrogens with zero attached hydrogens (tertiary/aromatic N) is 2. The summed E-state index contributed by atoms with van der Waals surface area (Å²) in [6.07, 6.45) is 3.49.